The van der Waals surface area contributed by atoms with Gasteiger partial charge in [0.2, 0.25) is 0 Å². The Kier molecular flexibility index (Phi) is 4.02. The van der Waals surface area contributed by atoms with Crippen molar-refractivity contribution in [3.63, 3.8) is 0 Å². The molecule has 0 heterocycles. The second kappa shape index (κ2) is 5.53. The first-order chi connectivity index (χ1) is 8.69. The van der Waals surface area contributed by atoms with Gasteiger partial charge in [0.15, 0.2) is 0 Å². The van der Waals surface area contributed by atoms with Gasteiger partial charge >= 0.3 is 5.97 Å². The highest BCUT2D eigenvalue weighted by molar-refractivity contribution is 5.79. The molecular formula is C15H21NO2. The molecule has 0 aromatic heterocycles. The number of carboxylic acid groups (broad SMARTS) is 1. The Labute approximate surface area is 108 Å². The first kappa shape index (κ1) is 13.1. The lowest BCUT2D eigenvalue weighted by molar-refractivity contribution is -0.146. The SMILES string of the molecule is CCC1CCCC1(NCc1ccccc1)C(=O)O. The maximum Gasteiger partial charge on any atom is 0.324 e. The van der Waals surface area contributed by atoms with Crippen LogP contribution in [0.5, 0.6) is 0 Å². The number of rotatable bonds is 5. The van der Waals surface area contributed by atoms with E-state index in [1.54, 1.807) is 0 Å². The molecule has 1 aliphatic rings. The van der Waals surface area contributed by atoms with Crippen molar-refractivity contribution in [3.05, 3.63) is 35.9 Å². The van der Waals surface area contributed by atoms with Gasteiger partial charge in [-0.2, -0.15) is 0 Å². The summed E-state index contributed by atoms with van der Waals surface area (Å²) in [5.41, 5.74) is 0.421. The van der Waals surface area contributed by atoms with Gasteiger partial charge in [-0.1, -0.05) is 50.1 Å². The van der Waals surface area contributed by atoms with Crippen LogP contribution in [0.15, 0.2) is 30.3 Å². The summed E-state index contributed by atoms with van der Waals surface area (Å²) >= 11 is 0. The van der Waals surface area contributed by atoms with E-state index in [4.69, 9.17) is 0 Å². The summed E-state index contributed by atoms with van der Waals surface area (Å²) in [4.78, 5) is 11.7. The molecule has 0 amide bonds. The van der Waals surface area contributed by atoms with Crippen LogP contribution in [0.2, 0.25) is 0 Å². The standard InChI is InChI=1S/C15H21NO2/c1-2-13-9-6-10-15(13,14(17)18)16-11-12-7-4-3-5-8-12/h3-5,7-8,13,16H,2,6,9-11H2,1H3,(H,17,18). The summed E-state index contributed by atoms with van der Waals surface area (Å²) in [6.45, 7) is 2.71. The molecule has 0 aliphatic heterocycles. The first-order valence-electron chi connectivity index (χ1n) is 6.71. The number of aliphatic carboxylic acids is 1. The van der Waals surface area contributed by atoms with Gasteiger partial charge in [-0.3, -0.25) is 10.1 Å². The average Bonchev–Trinajstić information content (AvgIpc) is 2.82. The zero-order valence-electron chi connectivity index (χ0n) is 10.9. The van der Waals surface area contributed by atoms with Gasteiger partial charge in [-0.25, -0.2) is 0 Å². The van der Waals surface area contributed by atoms with Crippen LogP contribution < -0.4 is 5.32 Å². The molecule has 0 radical (unpaired) electrons. The van der Waals surface area contributed by atoms with Crippen molar-refractivity contribution in [1.82, 2.24) is 5.32 Å². The van der Waals surface area contributed by atoms with E-state index in [-0.39, 0.29) is 5.92 Å². The Morgan fingerprint density at radius 2 is 2.17 bits per heavy atom. The van der Waals surface area contributed by atoms with E-state index in [0.29, 0.717) is 6.54 Å². The van der Waals surface area contributed by atoms with Crippen molar-refractivity contribution in [3.8, 4) is 0 Å². The van der Waals surface area contributed by atoms with Gasteiger partial charge in [-0.05, 0) is 24.3 Å². The van der Waals surface area contributed by atoms with E-state index in [9.17, 15) is 9.90 Å². The number of benzene rings is 1. The van der Waals surface area contributed by atoms with Gasteiger partial charge < -0.3 is 5.11 Å². The summed E-state index contributed by atoms with van der Waals surface area (Å²) in [6.07, 6.45) is 3.69. The van der Waals surface area contributed by atoms with Crippen LogP contribution in [0.3, 0.4) is 0 Å². The lowest BCUT2D eigenvalue weighted by Gasteiger charge is -2.32. The molecule has 1 saturated carbocycles. The largest absolute Gasteiger partial charge is 0.480 e. The number of carboxylic acids is 1. The molecule has 2 atom stereocenters. The fourth-order valence-electron chi connectivity index (χ4n) is 3.08. The van der Waals surface area contributed by atoms with Gasteiger partial charge in [0.1, 0.15) is 5.54 Å². The molecule has 0 saturated heterocycles. The van der Waals surface area contributed by atoms with E-state index in [1.807, 2.05) is 30.3 Å². The van der Waals surface area contributed by atoms with Crippen molar-refractivity contribution < 1.29 is 9.90 Å². The van der Waals surface area contributed by atoms with Gasteiger partial charge in [0.25, 0.3) is 0 Å². The molecule has 3 nitrogen and oxygen atoms in total. The summed E-state index contributed by atoms with van der Waals surface area (Å²) in [5.74, 6) is -0.443. The number of hydrogen-bond donors (Lipinski definition) is 2. The van der Waals surface area contributed by atoms with E-state index in [2.05, 4.69) is 12.2 Å². The summed E-state index contributed by atoms with van der Waals surface area (Å²) in [5, 5.41) is 12.9. The normalized spacial score (nSPS) is 27.3. The topological polar surface area (TPSA) is 49.3 Å². The third-order valence-corrected chi connectivity index (χ3v) is 4.15. The minimum absolute atomic E-state index is 0.249. The van der Waals surface area contributed by atoms with Crippen LogP contribution in [0, 0.1) is 5.92 Å². The minimum atomic E-state index is -0.718. The van der Waals surface area contributed by atoms with Gasteiger partial charge in [0.05, 0.1) is 0 Å². The molecule has 18 heavy (non-hydrogen) atoms. The second-order valence-electron chi connectivity index (χ2n) is 5.11. The predicted octanol–water partition coefficient (Wildman–Crippen LogP) is 2.81. The second-order valence-corrected chi connectivity index (χ2v) is 5.11. The van der Waals surface area contributed by atoms with Crippen molar-refractivity contribution >= 4 is 5.97 Å². The quantitative estimate of drug-likeness (QED) is 0.841. The van der Waals surface area contributed by atoms with E-state index < -0.39 is 11.5 Å². The van der Waals surface area contributed by atoms with Crippen LogP contribution in [-0.4, -0.2) is 16.6 Å². The van der Waals surface area contributed by atoms with Crippen molar-refractivity contribution in [2.24, 2.45) is 5.92 Å². The van der Waals surface area contributed by atoms with E-state index >= 15 is 0 Å². The fraction of sp³-hybridized carbons (Fsp3) is 0.533. The van der Waals surface area contributed by atoms with Crippen molar-refractivity contribution in [2.75, 3.05) is 0 Å². The summed E-state index contributed by atoms with van der Waals surface area (Å²) in [7, 11) is 0. The molecular weight excluding hydrogens is 226 g/mol. The molecule has 2 rings (SSSR count). The number of hydrogen-bond acceptors (Lipinski definition) is 2. The molecule has 2 unspecified atom stereocenters. The minimum Gasteiger partial charge on any atom is -0.480 e. The Bertz CT molecular complexity index is 404. The average molecular weight is 247 g/mol. The fourth-order valence-corrected chi connectivity index (χ4v) is 3.08. The Morgan fingerprint density at radius 1 is 1.44 bits per heavy atom. The zero-order valence-corrected chi connectivity index (χ0v) is 10.9. The number of nitrogens with one attached hydrogen (secondary N) is 1. The molecule has 2 N–H and O–H groups in total. The molecule has 0 spiro atoms. The number of carbonyl (C=O) groups is 1. The van der Waals surface area contributed by atoms with Crippen molar-refractivity contribution in [2.45, 2.75) is 44.7 Å². The Morgan fingerprint density at radius 3 is 2.78 bits per heavy atom. The van der Waals surface area contributed by atoms with E-state index in [1.165, 1.54) is 0 Å². The third-order valence-electron chi connectivity index (χ3n) is 4.15. The van der Waals surface area contributed by atoms with Gasteiger partial charge in [0, 0.05) is 6.54 Å². The highest BCUT2D eigenvalue weighted by Crippen LogP contribution is 2.38. The molecule has 1 fully saturated rings. The zero-order chi connectivity index (χ0) is 13.0. The Hall–Kier alpha value is -1.35. The smallest absolute Gasteiger partial charge is 0.324 e. The third kappa shape index (κ3) is 2.41. The molecule has 98 valence electrons. The maximum absolute atomic E-state index is 11.7. The lowest BCUT2D eigenvalue weighted by Crippen LogP contribution is -2.54. The summed E-state index contributed by atoms with van der Waals surface area (Å²) in [6, 6.07) is 9.99. The Balaban J connectivity index is 2.10. The first-order valence-corrected chi connectivity index (χ1v) is 6.71. The van der Waals surface area contributed by atoms with Crippen molar-refractivity contribution in [1.29, 1.82) is 0 Å². The van der Waals surface area contributed by atoms with Crippen LogP contribution in [-0.2, 0) is 11.3 Å². The molecule has 3 heteroatoms. The molecule has 1 aliphatic carbocycles. The predicted molar refractivity (Wildman–Crippen MR) is 71.3 cm³/mol. The molecule has 1 aromatic rings. The monoisotopic (exact) mass is 247 g/mol. The van der Waals surface area contributed by atoms with Crippen LogP contribution in [0.4, 0.5) is 0 Å². The molecule has 0 bridgehead atoms. The van der Waals surface area contributed by atoms with E-state index in [0.717, 1.165) is 31.2 Å². The lowest BCUT2D eigenvalue weighted by atomic mass is 9.85. The van der Waals surface area contributed by atoms with Crippen LogP contribution in [0.1, 0.15) is 38.2 Å². The van der Waals surface area contributed by atoms with Crippen LogP contribution in [0.25, 0.3) is 0 Å². The van der Waals surface area contributed by atoms with Crippen LogP contribution >= 0.6 is 0 Å². The van der Waals surface area contributed by atoms with Gasteiger partial charge in [-0.15, -0.1) is 0 Å². The maximum atomic E-state index is 11.7. The molecule has 1 aromatic carbocycles. The summed E-state index contributed by atoms with van der Waals surface area (Å²) < 4.78 is 0. The highest BCUT2D eigenvalue weighted by Gasteiger charge is 2.47. The highest BCUT2D eigenvalue weighted by atomic mass is 16.4.